The highest BCUT2D eigenvalue weighted by atomic mass is 16.1. The normalized spacial score (nSPS) is 10.5. The molecule has 2 aromatic rings. The van der Waals surface area contributed by atoms with Gasteiger partial charge in [0.1, 0.15) is 0 Å². The average Bonchev–Trinajstić information content (AvgIpc) is 2.48. The van der Waals surface area contributed by atoms with E-state index in [1.807, 2.05) is 61.5 Å². The van der Waals surface area contributed by atoms with Crippen molar-refractivity contribution in [1.29, 1.82) is 0 Å². The van der Waals surface area contributed by atoms with Gasteiger partial charge in [-0.25, -0.2) is 0 Å². The van der Waals surface area contributed by atoms with Gasteiger partial charge in [0.15, 0.2) is 5.78 Å². The highest BCUT2D eigenvalue weighted by Gasteiger charge is 1.99. The Morgan fingerprint density at radius 2 is 1.65 bits per heavy atom. The molecule has 2 aromatic carbocycles. The van der Waals surface area contributed by atoms with Crippen molar-refractivity contribution in [3.05, 3.63) is 72.4 Å². The quantitative estimate of drug-likeness (QED) is 0.663. The molecule has 0 aliphatic carbocycles. The fourth-order valence-corrected chi connectivity index (χ4v) is 1.77. The van der Waals surface area contributed by atoms with Crippen molar-refractivity contribution in [3.63, 3.8) is 0 Å². The van der Waals surface area contributed by atoms with Crippen LogP contribution in [0.4, 0.5) is 11.4 Å². The van der Waals surface area contributed by atoms with Crippen LogP contribution >= 0.6 is 0 Å². The largest absolute Gasteiger partial charge is 0.378 e. The average molecular weight is 266 g/mol. The number of ketones is 1. The van der Waals surface area contributed by atoms with E-state index in [-0.39, 0.29) is 5.78 Å². The molecule has 0 amide bonds. The smallest absolute Gasteiger partial charge is 0.187 e. The predicted molar refractivity (Wildman–Crippen MR) is 84.3 cm³/mol. The van der Waals surface area contributed by atoms with Crippen LogP contribution < -0.4 is 10.2 Å². The summed E-state index contributed by atoms with van der Waals surface area (Å²) in [6.07, 6.45) is 3.20. The molecule has 1 N–H and O–H groups in total. The number of nitrogens with one attached hydrogen (secondary N) is 1. The van der Waals surface area contributed by atoms with Crippen molar-refractivity contribution >= 4 is 17.2 Å². The Morgan fingerprint density at radius 1 is 1.00 bits per heavy atom. The number of hydrogen-bond acceptors (Lipinski definition) is 3. The third-order valence-electron chi connectivity index (χ3n) is 2.93. The maximum atomic E-state index is 11.8. The molecule has 20 heavy (non-hydrogen) atoms. The van der Waals surface area contributed by atoms with E-state index in [9.17, 15) is 4.79 Å². The van der Waals surface area contributed by atoms with Gasteiger partial charge in [-0.3, -0.25) is 4.79 Å². The van der Waals surface area contributed by atoms with Crippen molar-refractivity contribution in [1.82, 2.24) is 0 Å². The minimum absolute atomic E-state index is 0.0111. The summed E-state index contributed by atoms with van der Waals surface area (Å²) in [7, 11) is 4.00. The standard InChI is InChI=1S/C17H18N2O/c1-19(2)16-10-8-15(9-11-16)18-13-12-17(20)14-6-4-3-5-7-14/h3-13,18H,1-2H3/b13-12+. The summed E-state index contributed by atoms with van der Waals surface area (Å²) in [5.41, 5.74) is 2.78. The van der Waals surface area contributed by atoms with E-state index in [1.54, 1.807) is 18.3 Å². The van der Waals surface area contributed by atoms with Crippen molar-refractivity contribution in [2.75, 3.05) is 24.3 Å². The lowest BCUT2D eigenvalue weighted by Crippen LogP contribution is -2.08. The van der Waals surface area contributed by atoms with E-state index >= 15 is 0 Å². The third-order valence-corrected chi connectivity index (χ3v) is 2.93. The Labute approximate surface area is 119 Å². The molecule has 0 unspecified atom stereocenters. The molecule has 0 saturated heterocycles. The van der Waals surface area contributed by atoms with Gasteiger partial charge in [0.2, 0.25) is 0 Å². The van der Waals surface area contributed by atoms with E-state index in [4.69, 9.17) is 0 Å². The molecule has 0 aliphatic rings. The molecule has 0 heterocycles. The molecular formula is C17H18N2O. The topological polar surface area (TPSA) is 32.3 Å². The zero-order chi connectivity index (χ0) is 14.4. The lowest BCUT2D eigenvalue weighted by Gasteiger charge is -2.12. The van der Waals surface area contributed by atoms with Gasteiger partial charge >= 0.3 is 0 Å². The molecular weight excluding hydrogens is 248 g/mol. The molecule has 0 fully saturated rings. The summed E-state index contributed by atoms with van der Waals surface area (Å²) in [6, 6.07) is 17.2. The summed E-state index contributed by atoms with van der Waals surface area (Å²) in [4.78, 5) is 13.9. The first-order valence-corrected chi connectivity index (χ1v) is 6.46. The predicted octanol–water partition coefficient (Wildman–Crippen LogP) is 3.56. The van der Waals surface area contributed by atoms with Gasteiger partial charge in [0, 0.05) is 43.3 Å². The van der Waals surface area contributed by atoms with Gasteiger partial charge < -0.3 is 10.2 Å². The Kier molecular flexibility index (Phi) is 4.56. The number of carbonyl (C=O) groups excluding carboxylic acids is 1. The molecule has 3 heteroatoms. The lowest BCUT2D eigenvalue weighted by molar-refractivity contribution is 0.104. The molecule has 102 valence electrons. The second kappa shape index (κ2) is 6.57. The Bertz CT molecular complexity index is 586. The molecule has 2 rings (SSSR count). The van der Waals surface area contributed by atoms with Crippen LogP contribution in [0.1, 0.15) is 10.4 Å². The van der Waals surface area contributed by atoms with Crippen LogP contribution in [-0.2, 0) is 0 Å². The molecule has 0 saturated carbocycles. The highest BCUT2D eigenvalue weighted by Crippen LogP contribution is 2.15. The van der Waals surface area contributed by atoms with Crippen molar-refractivity contribution in [2.24, 2.45) is 0 Å². The van der Waals surface area contributed by atoms with E-state index in [0.29, 0.717) is 5.56 Å². The summed E-state index contributed by atoms with van der Waals surface area (Å²) >= 11 is 0. The second-order valence-electron chi connectivity index (χ2n) is 4.65. The minimum Gasteiger partial charge on any atom is -0.378 e. The van der Waals surface area contributed by atoms with Gasteiger partial charge in [0.05, 0.1) is 0 Å². The van der Waals surface area contributed by atoms with Crippen LogP contribution in [-0.4, -0.2) is 19.9 Å². The molecule has 3 nitrogen and oxygen atoms in total. The van der Waals surface area contributed by atoms with E-state index < -0.39 is 0 Å². The van der Waals surface area contributed by atoms with Gasteiger partial charge in [-0.05, 0) is 24.3 Å². The number of carbonyl (C=O) groups is 1. The molecule has 0 aromatic heterocycles. The van der Waals surface area contributed by atoms with Crippen LogP contribution in [0.5, 0.6) is 0 Å². The first kappa shape index (κ1) is 13.9. The molecule has 0 spiro atoms. The van der Waals surface area contributed by atoms with Crippen molar-refractivity contribution < 1.29 is 4.79 Å². The van der Waals surface area contributed by atoms with Crippen LogP contribution in [0.25, 0.3) is 0 Å². The van der Waals surface area contributed by atoms with Crippen LogP contribution in [0.2, 0.25) is 0 Å². The monoisotopic (exact) mass is 266 g/mol. The van der Waals surface area contributed by atoms with Gasteiger partial charge in [0.25, 0.3) is 0 Å². The minimum atomic E-state index is -0.0111. The molecule has 0 aliphatic heterocycles. The lowest BCUT2D eigenvalue weighted by atomic mass is 10.1. The van der Waals surface area contributed by atoms with Gasteiger partial charge in [-0.15, -0.1) is 0 Å². The summed E-state index contributed by atoms with van der Waals surface area (Å²) in [5, 5.41) is 3.09. The number of anilines is 2. The van der Waals surface area contributed by atoms with Crippen molar-refractivity contribution in [3.8, 4) is 0 Å². The SMILES string of the molecule is CN(C)c1ccc(N/C=C/C(=O)c2ccccc2)cc1. The number of benzene rings is 2. The summed E-state index contributed by atoms with van der Waals surface area (Å²) in [5.74, 6) is -0.0111. The van der Waals surface area contributed by atoms with Crippen LogP contribution in [0, 0.1) is 0 Å². The van der Waals surface area contributed by atoms with Gasteiger partial charge in [-0.2, -0.15) is 0 Å². The fourth-order valence-electron chi connectivity index (χ4n) is 1.77. The molecule has 0 atom stereocenters. The van der Waals surface area contributed by atoms with Crippen molar-refractivity contribution in [2.45, 2.75) is 0 Å². The molecule has 0 bridgehead atoms. The number of hydrogen-bond donors (Lipinski definition) is 1. The highest BCUT2D eigenvalue weighted by molar-refractivity contribution is 6.04. The zero-order valence-electron chi connectivity index (χ0n) is 11.7. The zero-order valence-corrected chi connectivity index (χ0v) is 11.7. The number of allylic oxidation sites excluding steroid dienone is 1. The first-order chi connectivity index (χ1) is 9.66. The Morgan fingerprint density at radius 3 is 2.25 bits per heavy atom. The fraction of sp³-hybridized carbons (Fsp3) is 0.118. The molecule has 0 radical (unpaired) electrons. The van der Waals surface area contributed by atoms with E-state index in [1.165, 1.54) is 6.08 Å². The third kappa shape index (κ3) is 3.72. The van der Waals surface area contributed by atoms with E-state index in [2.05, 4.69) is 5.32 Å². The number of nitrogens with zero attached hydrogens (tertiary/aromatic N) is 1. The maximum absolute atomic E-state index is 11.8. The second-order valence-corrected chi connectivity index (χ2v) is 4.65. The Balaban J connectivity index is 1.95. The first-order valence-electron chi connectivity index (χ1n) is 6.46. The van der Waals surface area contributed by atoms with Crippen LogP contribution in [0.3, 0.4) is 0 Å². The summed E-state index contributed by atoms with van der Waals surface area (Å²) < 4.78 is 0. The maximum Gasteiger partial charge on any atom is 0.187 e. The number of rotatable bonds is 5. The summed E-state index contributed by atoms with van der Waals surface area (Å²) in [6.45, 7) is 0. The Hall–Kier alpha value is -2.55. The van der Waals surface area contributed by atoms with E-state index in [0.717, 1.165) is 11.4 Å². The van der Waals surface area contributed by atoms with Crippen LogP contribution in [0.15, 0.2) is 66.9 Å². The van der Waals surface area contributed by atoms with Gasteiger partial charge in [-0.1, -0.05) is 30.3 Å².